The number of amidine groups is 1. The summed E-state index contributed by atoms with van der Waals surface area (Å²) >= 11 is 0. The van der Waals surface area contributed by atoms with Gasteiger partial charge in [0.25, 0.3) is 0 Å². The fourth-order valence-electron chi connectivity index (χ4n) is 1.52. The van der Waals surface area contributed by atoms with E-state index in [9.17, 15) is 0 Å². The van der Waals surface area contributed by atoms with Gasteiger partial charge in [0.2, 0.25) is 0 Å². The minimum absolute atomic E-state index is 0.165. The van der Waals surface area contributed by atoms with Gasteiger partial charge in [0, 0.05) is 20.1 Å². The average Bonchev–Trinajstić information content (AvgIpc) is 1.98. The van der Waals surface area contributed by atoms with Crippen LogP contribution in [0.1, 0.15) is 13.8 Å². The fraction of sp³-hybridized carbons (Fsp3) is 0.875. The Morgan fingerprint density at radius 1 is 1.33 bits per heavy atom. The van der Waals surface area contributed by atoms with Crippen LogP contribution in [0.4, 0.5) is 0 Å². The molecule has 12 heavy (non-hydrogen) atoms. The molecule has 4 nitrogen and oxygen atoms in total. The third-order valence-corrected chi connectivity index (χ3v) is 2.73. The molecule has 1 rings (SSSR count). The van der Waals surface area contributed by atoms with Crippen LogP contribution >= 0.6 is 0 Å². The summed E-state index contributed by atoms with van der Waals surface area (Å²) in [6.45, 7) is 6.03. The molecule has 0 aromatic carbocycles. The van der Waals surface area contributed by atoms with Gasteiger partial charge in [-0.1, -0.05) is 5.16 Å². The van der Waals surface area contributed by atoms with Crippen molar-refractivity contribution in [1.29, 1.82) is 0 Å². The molecule has 0 amide bonds. The van der Waals surface area contributed by atoms with Gasteiger partial charge in [-0.25, -0.2) is 0 Å². The zero-order chi connectivity index (χ0) is 9.35. The van der Waals surface area contributed by atoms with Crippen LogP contribution in [0, 0.1) is 0 Å². The minimum atomic E-state index is -0.165. The molecule has 1 heterocycles. The first kappa shape index (κ1) is 9.32. The molecule has 1 aliphatic heterocycles. The lowest BCUT2D eigenvalue weighted by atomic mass is 9.98. The van der Waals surface area contributed by atoms with Gasteiger partial charge < -0.3 is 10.1 Å². The zero-order valence-electron chi connectivity index (χ0n) is 8.20. The summed E-state index contributed by atoms with van der Waals surface area (Å²) in [7, 11) is 3.99. The van der Waals surface area contributed by atoms with E-state index in [0.29, 0.717) is 0 Å². The lowest BCUT2D eigenvalue weighted by molar-refractivity contribution is 0.150. The highest BCUT2D eigenvalue weighted by atomic mass is 16.4. The first-order chi connectivity index (χ1) is 5.50. The van der Waals surface area contributed by atoms with E-state index in [1.165, 1.54) is 0 Å². The summed E-state index contributed by atoms with van der Waals surface area (Å²) in [5.41, 5.74) is -0.165. The summed E-state index contributed by atoms with van der Waals surface area (Å²) in [6, 6.07) is 0. The molecular formula is C8H17N3O. The summed E-state index contributed by atoms with van der Waals surface area (Å²) in [6.07, 6.45) is 0. The topological polar surface area (TPSA) is 39.1 Å². The second-order valence-electron chi connectivity index (χ2n) is 3.83. The molecule has 70 valence electrons. The standard InChI is InChI=1S/C8H17N3O/c1-8(2)7(9-12)10(3)5-6-11(8)4/h12H,5-6H2,1-4H3. The van der Waals surface area contributed by atoms with Gasteiger partial charge in [0.05, 0.1) is 5.54 Å². The Balaban J connectivity index is 2.92. The smallest absolute Gasteiger partial charge is 0.164 e. The monoisotopic (exact) mass is 171 g/mol. The predicted octanol–water partition coefficient (Wildman–Crippen LogP) is 0.430. The van der Waals surface area contributed by atoms with E-state index in [4.69, 9.17) is 5.21 Å². The van der Waals surface area contributed by atoms with Crippen molar-refractivity contribution in [2.75, 3.05) is 27.2 Å². The predicted molar refractivity (Wildman–Crippen MR) is 48.6 cm³/mol. The first-order valence-corrected chi connectivity index (χ1v) is 4.15. The number of hydrogen-bond donors (Lipinski definition) is 1. The minimum Gasteiger partial charge on any atom is -0.409 e. The van der Waals surface area contributed by atoms with Crippen molar-refractivity contribution in [2.45, 2.75) is 19.4 Å². The molecular weight excluding hydrogens is 154 g/mol. The zero-order valence-corrected chi connectivity index (χ0v) is 8.20. The maximum Gasteiger partial charge on any atom is 0.164 e. The first-order valence-electron chi connectivity index (χ1n) is 4.15. The van der Waals surface area contributed by atoms with Gasteiger partial charge in [-0.2, -0.15) is 0 Å². The van der Waals surface area contributed by atoms with Crippen molar-refractivity contribution in [1.82, 2.24) is 9.80 Å². The lowest BCUT2D eigenvalue weighted by Crippen LogP contribution is -2.60. The molecule has 1 aliphatic rings. The maximum atomic E-state index is 8.83. The van der Waals surface area contributed by atoms with Crippen LogP contribution < -0.4 is 0 Å². The molecule has 1 N–H and O–H groups in total. The van der Waals surface area contributed by atoms with Gasteiger partial charge in [-0.15, -0.1) is 0 Å². The van der Waals surface area contributed by atoms with E-state index >= 15 is 0 Å². The van der Waals surface area contributed by atoms with Crippen molar-refractivity contribution in [3.8, 4) is 0 Å². The van der Waals surface area contributed by atoms with E-state index in [-0.39, 0.29) is 5.54 Å². The van der Waals surface area contributed by atoms with Crippen molar-refractivity contribution < 1.29 is 5.21 Å². The van der Waals surface area contributed by atoms with Crippen LogP contribution in [0.2, 0.25) is 0 Å². The van der Waals surface area contributed by atoms with E-state index in [2.05, 4.69) is 23.9 Å². The number of nitrogens with zero attached hydrogens (tertiary/aromatic N) is 3. The van der Waals surface area contributed by atoms with Crippen LogP contribution in [0.15, 0.2) is 5.16 Å². The van der Waals surface area contributed by atoms with Crippen molar-refractivity contribution in [3.05, 3.63) is 0 Å². The van der Waals surface area contributed by atoms with E-state index in [1.54, 1.807) is 0 Å². The molecule has 0 radical (unpaired) electrons. The molecule has 0 unspecified atom stereocenters. The highest BCUT2D eigenvalue weighted by molar-refractivity contribution is 5.90. The molecule has 0 aromatic heterocycles. The molecule has 4 heteroatoms. The Morgan fingerprint density at radius 3 is 2.33 bits per heavy atom. The number of likely N-dealkylation sites (N-methyl/N-ethyl adjacent to an activating group) is 2. The third-order valence-electron chi connectivity index (χ3n) is 2.73. The van der Waals surface area contributed by atoms with E-state index < -0.39 is 0 Å². The Morgan fingerprint density at radius 2 is 1.92 bits per heavy atom. The normalized spacial score (nSPS) is 28.0. The molecule has 0 spiro atoms. The SMILES string of the molecule is CN1CCN(C)C(C)(C)C1=NO. The summed E-state index contributed by atoms with van der Waals surface area (Å²) in [5, 5.41) is 12.2. The highest BCUT2D eigenvalue weighted by Gasteiger charge is 2.36. The molecule has 0 aliphatic carbocycles. The fourth-order valence-corrected chi connectivity index (χ4v) is 1.52. The number of rotatable bonds is 0. The van der Waals surface area contributed by atoms with E-state index in [1.807, 2.05) is 19.0 Å². The number of piperazine rings is 1. The second-order valence-corrected chi connectivity index (χ2v) is 3.83. The van der Waals surface area contributed by atoms with Gasteiger partial charge in [0.15, 0.2) is 5.84 Å². The molecule has 1 saturated heterocycles. The van der Waals surface area contributed by atoms with Crippen LogP contribution in [0.3, 0.4) is 0 Å². The second kappa shape index (κ2) is 2.94. The molecule has 0 atom stereocenters. The van der Waals surface area contributed by atoms with Gasteiger partial charge in [0.1, 0.15) is 0 Å². The summed E-state index contributed by atoms with van der Waals surface area (Å²) in [4.78, 5) is 4.17. The van der Waals surface area contributed by atoms with Gasteiger partial charge >= 0.3 is 0 Å². The molecule has 0 aromatic rings. The van der Waals surface area contributed by atoms with Crippen molar-refractivity contribution in [3.63, 3.8) is 0 Å². The Labute approximate surface area is 73.5 Å². The molecule has 0 saturated carbocycles. The van der Waals surface area contributed by atoms with Crippen LogP contribution in [0.5, 0.6) is 0 Å². The Bertz CT molecular complexity index is 200. The molecule has 1 fully saturated rings. The largest absolute Gasteiger partial charge is 0.409 e. The van der Waals surface area contributed by atoms with Crippen molar-refractivity contribution >= 4 is 5.84 Å². The van der Waals surface area contributed by atoms with Crippen LogP contribution in [0.25, 0.3) is 0 Å². The quantitative estimate of drug-likeness (QED) is 0.424. The average molecular weight is 171 g/mol. The van der Waals surface area contributed by atoms with Gasteiger partial charge in [-0.3, -0.25) is 4.90 Å². The lowest BCUT2D eigenvalue weighted by Gasteiger charge is -2.44. The van der Waals surface area contributed by atoms with Crippen molar-refractivity contribution in [2.24, 2.45) is 5.16 Å². The molecule has 0 bridgehead atoms. The van der Waals surface area contributed by atoms with E-state index in [0.717, 1.165) is 18.9 Å². The highest BCUT2D eigenvalue weighted by Crippen LogP contribution is 2.20. The maximum absolute atomic E-state index is 8.83. The Kier molecular flexibility index (Phi) is 2.28. The number of hydrogen-bond acceptors (Lipinski definition) is 3. The van der Waals surface area contributed by atoms with Crippen LogP contribution in [-0.4, -0.2) is 53.6 Å². The Hall–Kier alpha value is -0.770. The summed E-state index contributed by atoms with van der Waals surface area (Å²) in [5.74, 6) is 0.733. The summed E-state index contributed by atoms with van der Waals surface area (Å²) < 4.78 is 0. The van der Waals surface area contributed by atoms with Gasteiger partial charge in [-0.05, 0) is 20.9 Å². The van der Waals surface area contributed by atoms with Crippen LogP contribution in [-0.2, 0) is 0 Å². The third kappa shape index (κ3) is 1.27. The number of oxime groups is 1.